The summed E-state index contributed by atoms with van der Waals surface area (Å²) in [5.74, 6) is -1.16. The molecule has 0 aromatic heterocycles. The van der Waals surface area contributed by atoms with Crippen molar-refractivity contribution in [3.05, 3.63) is 59.7 Å². The molecule has 0 spiro atoms. The number of nitrogens with zero attached hydrogens (tertiary/aromatic N) is 1. The zero-order valence-electron chi connectivity index (χ0n) is 15.5. The molecule has 2 aromatic carbocycles. The predicted octanol–water partition coefficient (Wildman–Crippen LogP) is 1.86. The van der Waals surface area contributed by atoms with E-state index in [0.29, 0.717) is 5.69 Å². The van der Waals surface area contributed by atoms with Crippen LogP contribution in [0, 0.1) is 0 Å². The largest absolute Gasteiger partial charge is 0.366 e. The topological polar surface area (TPSA) is 105 Å². The van der Waals surface area contributed by atoms with E-state index in [1.54, 1.807) is 36.2 Å². The van der Waals surface area contributed by atoms with Gasteiger partial charge in [0.05, 0.1) is 24.3 Å². The molecule has 0 bridgehead atoms. The molecule has 0 aliphatic rings. The van der Waals surface area contributed by atoms with Crippen LogP contribution in [-0.4, -0.2) is 42.8 Å². The van der Waals surface area contributed by atoms with Crippen LogP contribution < -0.4 is 16.4 Å². The standard InChI is InChI=1S/C20H24N4O3/c1-3-14-8-4-6-10-16(14)22-18(25)12-24(2)13-19(26)23-17-11-7-5-9-15(17)20(21)27/h4-11H,3,12-13H2,1-2H3,(H2,21,27)(H,22,25)(H,23,26). The first-order valence-electron chi connectivity index (χ1n) is 8.65. The van der Waals surface area contributed by atoms with Gasteiger partial charge in [0.2, 0.25) is 11.8 Å². The number of nitrogens with two attached hydrogens (primary N) is 1. The Kier molecular flexibility index (Phi) is 7.08. The van der Waals surface area contributed by atoms with E-state index in [1.807, 2.05) is 31.2 Å². The highest BCUT2D eigenvalue weighted by Crippen LogP contribution is 2.16. The number of primary amides is 1. The summed E-state index contributed by atoms with van der Waals surface area (Å²) in [6.45, 7) is 2.07. The molecular weight excluding hydrogens is 344 g/mol. The minimum atomic E-state index is -0.617. The van der Waals surface area contributed by atoms with Gasteiger partial charge in [-0.15, -0.1) is 0 Å². The van der Waals surface area contributed by atoms with E-state index in [-0.39, 0.29) is 30.5 Å². The molecular formula is C20H24N4O3. The van der Waals surface area contributed by atoms with Gasteiger partial charge in [-0.25, -0.2) is 0 Å². The van der Waals surface area contributed by atoms with Gasteiger partial charge in [-0.1, -0.05) is 37.3 Å². The zero-order valence-corrected chi connectivity index (χ0v) is 15.5. The number of hydrogen-bond acceptors (Lipinski definition) is 4. The normalized spacial score (nSPS) is 10.5. The summed E-state index contributed by atoms with van der Waals surface area (Å²) in [5.41, 5.74) is 7.72. The Morgan fingerprint density at radius 3 is 2.00 bits per heavy atom. The Hall–Kier alpha value is -3.19. The molecule has 0 unspecified atom stereocenters. The number of nitrogens with one attached hydrogen (secondary N) is 2. The third-order valence-electron chi connectivity index (χ3n) is 3.97. The maximum absolute atomic E-state index is 12.2. The lowest BCUT2D eigenvalue weighted by Gasteiger charge is -2.17. The van der Waals surface area contributed by atoms with Crippen molar-refractivity contribution < 1.29 is 14.4 Å². The second-order valence-corrected chi connectivity index (χ2v) is 6.19. The Labute approximate surface area is 158 Å². The van der Waals surface area contributed by atoms with Gasteiger partial charge < -0.3 is 16.4 Å². The van der Waals surface area contributed by atoms with E-state index in [1.165, 1.54) is 0 Å². The molecule has 2 aromatic rings. The van der Waals surface area contributed by atoms with Gasteiger partial charge in [0.25, 0.3) is 5.91 Å². The first-order valence-corrected chi connectivity index (χ1v) is 8.65. The smallest absolute Gasteiger partial charge is 0.250 e. The van der Waals surface area contributed by atoms with Crippen molar-refractivity contribution >= 4 is 29.1 Å². The van der Waals surface area contributed by atoms with Gasteiger partial charge in [0.1, 0.15) is 0 Å². The second kappa shape index (κ2) is 9.49. The quantitative estimate of drug-likeness (QED) is 0.661. The van der Waals surface area contributed by atoms with E-state index in [2.05, 4.69) is 10.6 Å². The van der Waals surface area contributed by atoms with Crippen molar-refractivity contribution in [2.75, 3.05) is 30.8 Å². The van der Waals surface area contributed by atoms with Crippen LogP contribution in [0.4, 0.5) is 11.4 Å². The van der Waals surface area contributed by atoms with Crippen LogP contribution >= 0.6 is 0 Å². The summed E-state index contributed by atoms with van der Waals surface area (Å²) in [7, 11) is 1.67. The molecule has 3 amide bonds. The van der Waals surface area contributed by atoms with E-state index in [9.17, 15) is 14.4 Å². The van der Waals surface area contributed by atoms with Crippen LogP contribution in [0.3, 0.4) is 0 Å². The maximum atomic E-state index is 12.2. The van der Waals surface area contributed by atoms with Crippen molar-refractivity contribution in [2.24, 2.45) is 5.73 Å². The van der Waals surface area contributed by atoms with E-state index < -0.39 is 5.91 Å². The highest BCUT2D eigenvalue weighted by molar-refractivity contribution is 6.03. The fraction of sp³-hybridized carbons (Fsp3) is 0.250. The summed E-state index contributed by atoms with van der Waals surface area (Å²) in [6, 6.07) is 14.1. The molecule has 7 nitrogen and oxygen atoms in total. The van der Waals surface area contributed by atoms with Crippen LogP contribution in [0.1, 0.15) is 22.8 Å². The third kappa shape index (κ3) is 5.93. The van der Waals surface area contributed by atoms with Crippen molar-refractivity contribution in [1.29, 1.82) is 0 Å². The van der Waals surface area contributed by atoms with Crippen molar-refractivity contribution in [3.63, 3.8) is 0 Å². The zero-order chi connectivity index (χ0) is 19.8. The van der Waals surface area contributed by atoms with Gasteiger partial charge in [-0.3, -0.25) is 19.3 Å². The molecule has 0 fully saturated rings. The molecule has 2 rings (SSSR count). The average Bonchev–Trinajstić information content (AvgIpc) is 2.62. The maximum Gasteiger partial charge on any atom is 0.250 e. The van der Waals surface area contributed by atoms with Crippen molar-refractivity contribution in [1.82, 2.24) is 4.90 Å². The highest BCUT2D eigenvalue weighted by atomic mass is 16.2. The van der Waals surface area contributed by atoms with Crippen LogP contribution in [0.25, 0.3) is 0 Å². The number of hydrogen-bond donors (Lipinski definition) is 3. The minimum absolute atomic E-state index is 0.00403. The number of likely N-dealkylation sites (N-methyl/N-ethyl adjacent to an activating group) is 1. The summed E-state index contributed by atoms with van der Waals surface area (Å²) in [6.07, 6.45) is 0.813. The molecule has 0 saturated carbocycles. The first kappa shape index (κ1) is 20.1. The number of amides is 3. The number of aryl methyl sites for hydroxylation is 1. The lowest BCUT2D eigenvalue weighted by atomic mass is 10.1. The number of rotatable bonds is 8. The molecule has 27 heavy (non-hydrogen) atoms. The fourth-order valence-electron chi connectivity index (χ4n) is 2.68. The monoisotopic (exact) mass is 368 g/mol. The third-order valence-corrected chi connectivity index (χ3v) is 3.97. The number of para-hydroxylation sites is 2. The molecule has 0 saturated heterocycles. The van der Waals surface area contributed by atoms with Crippen LogP contribution in [0.2, 0.25) is 0 Å². The summed E-state index contributed by atoms with van der Waals surface area (Å²) in [5, 5.41) is 5.52. The molecule has 0 aliphatic heterocycles. The average molecular weight is 368 g/mol. The van der Waals surface area contributed by atoms with Crippen LogP contribution in [0.5, 0.6) is 0 Å². The summed E-state index contributed by atoms with van der Waals surface area (Å²) >= 11 is 0. The Bertz CT molecular complexity index is 835. The molecule has 0 heterocycles. The fourth-order valence-corrected chi connectivity index (χ4v) is 2.68. The molecule has 142 valence electrons. The van der Waals surface area contributed by atoms with E-state index in [0.717, 1.165) is 17.7 Å². The molecule has 0 radical (unpaired) electrons. The minimum Gasteiger partial charge on any atom is -0.366 e. The summed E-state index contributed by atoms with van der Waals surface area (Å²) in [4.78, 5) is 37.4. The summed E-state index contributed by atoms with van der Waals surface area (Å²) < 4.78 is 0. The molecule has 0 atom stereocenters. The number of benzene rings is 2. The lowest BCUT2D eigenvalue weighted by Crippen LogP contribution is -2.36. The lowest BCUT2D eigenvalue weighted by molar-refractivity contribution is -0.119. The van der Waals surface area contributed by atoms with Crippen molar-refractivity contribution in [3.8, 4) is 0 Å². The Morgan fingerprint density at radius 1 is 0.889 bits per heavy atom. The van der Waals surface area contributed by atoms with Gasteiger partial charge in [-0.05, 0) is 37.2 Å². The van der Waals surface area contributed by atoms with Gasteiger partial charge >= 0.3 is 0 Å². The number of carbonyl (C=O) groups excluding carboxylic acids is 3. The Balaban J connectivity index is 1.89. The second-order valence-electron chi connectivity index (χ2n) is 6.19. The first-order chi connectivity index (χ1) is 12.9. The van der Waals surface area contributed by atoms with Gasteiger partial charge in [0, 0.05) is 5.69 Å². The highest BCUT2D eigenvalue weighted by Gasteiger charge is 2.14. The van der Waals surface area contributed by atoms with E-state index in [4.69, 9.17) is 5.73 Å². The van der Waals surface area contributed by atoms with Gasteiger partial charge in [-0.2, -0.15) is 0 Å². The predicted molar refractivity (Wildman–Crippen MR) is 106 cm³/mol. The SMILES string of the molecule is CCc1ccccc1NC(=O)CN(C)CC(=O)Nc1ccccc1C(N)=O. The van der Waals surface area contributed by atoms with Crippen LogP contribution in [-0.2, 0) is 16.0 Å². The molecule has 0 aliphatic carbocycles. The van der Waals surface area contributed by atoms with Crippen LogP contribution in [0.15, 0.2) is 48.5 Å². The number of anilines is 2. The molecule has 7 heteroatoms. The number of carbonyl (C=O) groups is 3. The molecule has 4 N–H and O–H groups in total. The van der Waals surface area contributed by atoms with E-state index >= 15 is 0 Å². The van der Waals surface area contributed by atoms with Crippen molar-refractivity contribution in [2.45, 2.75) is 13.3 Å². The van der Waals surface area contributed by atoms with Gasteiger partial charge in [0.15, 0.2) is 0 Å². The Morgan fingerprint density at radius 2 is 1.41 bits per heavy atom.